The second-order valence-corrected chi connectivity index (χ2v) is 1.73. The largest absolute Gasteiger partial charge is 0.478 e. The van der Waals surface area contributed by atoms with Crippen LogP contribution in [0.1, 0.15) is 6.92 Å². The summed E-state index contributed by atoms with van der Waals surface area (Å²) in [6, 6.07) is 0. The van der Waals surface area contributed by atoms with Crippen LogP contribution in [0.3, 0.4) is 0 Å². The maximum absolute atomic E-state index is 10.1. The molecule has 0 atom stereocenters. The van der Waals surface area contributed by atoms with Crippen molar-refractivity contribution in [1.29, 1.82) is 0 Å². The van der Waals surface area contributed by atoms with Crippen LogP contribution in [-0.2, 0) is 14.4 Å². The minimum atomic E-state index is -0.981. The number of carbonyl (C=O) groups is 2. The molecule has 0 saturated carbocycles. The monoisotopic (exact) mass is 173 g/mol. The van der Waals surface area contributed by atoms with Crippen LogP contribution < -0.4 is 5.90 Å². The molecule has 12 heavy (non-hydrogen) atoms. The van der Waals surface area contributed by atoms with E-state index < -0.39 is 11.9 Å². The first-order chi connectivity index (χ1) is 5.45. The fourth-order valence-electron chi connectivity index (χ4n) is 0.101. The summed E-state index contributed by atoms with van der Waals surface area (Å²) in [6.07, 6.45) is 0.833. The van der Waals surface area contributed by atoms with Crippen molar-refractivity contribution in [2.75, 3.05) is 0 Å². The average Bonchev–Trinajstić information content (AvgIpc) is 2.04. The Morgan fingerprint density at radius 1 is 1.58 bits per heavy atom. The molecule has 0 aliphatic heterocycles. The zero-order valence-electron chi connectivity index (χ0n) is 6.74. The molecule has 5 nitrogen and oxygen atoms in total. The van der Waals surface area contributed by atoms with Crippen molar-refractivity contribution < 1.29 is 19.5 Å². The summed E-state index contributed by atoms with van der Waals surface area (Å²) < 4.78 is 0. The maximum Gasteiger partial charge on any atom is 0.351 e. The number of hydrogen-bond donors (Lipinski definition) is 2. The highest BCUT2D eigenvalue weighted by Gasteiger charge is 1.96. The summed E-state index contributed by atoms with van der Waals surface area (Å²) in [6.45, 7) is 7.76. The highest BCUT2D eigenvalue weighted by molar-refractivity contribution is 5.86. The van der Waals surface area contributed by atoms with Gasteiger partial charge >= 0.3 is 11.9 Å². The van der Waals surface area contributed by atoms with E-state index in [2.05, 4.69) is 23.9 Å². The van der Waals surface area contributed by atoms with Crippen LogP contribution in [0.5, 0.6) is 0 Å². The minimum Gasteiger partial charge on any atom is -0.478 e. The van der Waals surface area contributed by atoms with Gasteiger partial charge in [-0.1, -0.05) is 13.2 Å². The number of carbonyl (C=O) groups excluding carboxylic acids is 1. The normalized spacial score (nSPS) is 7.17. The quantitative estimate of drug-likeness (QED) is 0.461. The Kier molecular flexibility index (Phi) is 8.11. The lowest BCUT2D eigenvalue weighted by Gasteiger charge is -1.90. The van der Waals surface area contributed by atoms with Crippen molar-refractivity contribution in [3.05, 3.63) is 24.8 Å². The van der Waals surface area contributed by atoms with Crippen molar-refractivity contribution in [2.45, 2.75) is 6.92 Å². The summed E-state index contributed by atoms with van der Waals surface area (Å²) in [5, 5.41) is 7.60. The Labute approximate surface area is 70.1 Å². The predicted octanol–water partition coefficient (Wildman–Crippen LogP) is 0.236. The van der Waals surface area contributed by atoms with Gasteiger partial charge in [0.15, 0.2) is 0 Å². The van der Waals surface area contributed by atoms with Gasteiger partial charge in [0.1, 0.15) is 0 Å². The fraction of sp³-hybridized carbons (Fsp3) is 0.143. The van der Waals surface area contributed by atoms with Crippen LogP contribution in [0.4, 0.5) is 0 Å². The van der Waals surface area contributed by atoms with Gasteiger partial charge in [0.25, 0.3) is 0 Å². The topological polar surface area (TPSA) is 89.6 Å². The first kappa shape index (κ1) is 13.0. The molecule has 0 rings (SSSR count). The molecule has 0 bridgehead atoms. The van der Waals surface area contributed by atoms with E-state index in [9.17, 15) is 9.59 Å². The second kappa shape index (κ2) is 7.49. The number of hydrogen-bond acceptors (Lipinski definition) is 4. The maximum atomic E-state index is 10.1. The minimum absolute atomic E-state index is 0.308. The van der Waals surface area contributed by atoms with Crippen LogP contribution in [-0.4, -0.2) is 17.0 Å². The first-order valence-electron chi connectivity index (χ1n) is 2.87. The average molecular weight is 173 g/mol. The number of nitrogens with two attached hydrogens (primary N) is 1. The van der Waals surface area contributed by atoms with E-state index in [1.807, 2.05) is 0 Å². The lowest BCUT2D eigenvalue weighted by atomic mass is 10.4. The molecular formula is C7H11NO4. The summed E-state index contributed by atoms with van der Waals surface area (Å²) >= 11 is 0. The number of carboxylic acids is 1. The van der Waals surface area contributed by atoms with E-state index in [1.54, 1.807) is 0 Å². The Hall–Kier alpha value is -1.62. The zero-order valence-corrected chi connectivity index (χ0v) is 6.74. The van der Waals surface area contributed by atoms with Crippen LogP contribution in [0.15, 0.2) is 24.8 Å². The summed E-state index contributed by atoms with van der Waals surface area (Å²) in [5.41, 5.74) is 0.308. The Morgan fingerprint density at radius 3 is 1.92 bits per heavy atom. The smallest absolute Gasteiger partial charge is 0.351 e. The molecule has 0 spiro atoms. The molecular weight excluding hydrogens is 162 g/mol. The Bertz CT molecular complexity index is 198. The molecule has 5 heteroatoms. The van der Waals surface area contributed by atoms with Crippen molar-refractivity contribution in [3.8, 4) is 0 Å². The van der Waals surface area contributed by atoms with E-state index in [0.29, 0.717) is 5.57 Å². The van der Waals surface area contributed by atoms with Gasteiger partial charge in [-0.3, -0.25) is 0 Å². The van der Waals surface area contributed by atoms with Crippen molar-refractivity contribution >= 4 is 11.9 Å². The lowest BCUT2D eigenvalue weighted by Crippen LogP contribution is -2.09. The summed E-state index contributed by atoms with van der Waals surface area (Å²) in [5.74, 6) is 2.91. The molecule has 0 fully saturated rings. The van der Waals surface area contributed by atoms with Crippen LogP contribution in [0, 0.1) is 0 Å². The van der Waals surface area contributed by atoms with Crippen molar-refractivity contribution in [3.63, 3.8) is 0 Å². The zero-order chi connectivity index (χ0) is 10.1. The van der Waals surface area contributed by atoms with Crippen LogP contribution in [0.2, 0.25) is 0 Å². The van der Waals surface area contributed by atoms with Crippen molar-refractivity contribution in [2.24, 2.45) is 5.90 Å². The molecule has 0 unspecified atom stereocenters. The molecule has 0 heterocycles. The molecule has 0 aliphatic rings. The van der Waals surface area contributed by atoms with E-state index in [4.69, 9.17) is 5.11 Å². The number of carboxylic acid groups (broad SMARTS) is 1. The van der Waals surface area contributed by atoms with Gasteiger partial charge in [-0.05, 0) is 6.92 Å². The lowest BCUT2D eigenvalue weighted by molar-refractivity contribution is -0.139. The third-order valence-electron chi connectivity index (χ3n) is 0.630. The predicted molar refractivity (Wildman–Crippen MR) is 42.9 cm³/mol. The SMILES string of the molecule is C=C(C)C(=O)ON.C=CC(=O)O. The molecule has 0 saturated heterocycles. The highest BCUT2D eigenvalue weighted by Crippen LogP contribution is 1.85. The molecule has 0 radical (unpaired) electrons. The molecule has 0 aromatic rings. The van der Waals surface area contributed by atoms with E-state index in [-0.39, 0.29) is 0 Å². The standard InChI is InChI=1S/C4H7NO2.C3H4O2/c1-3(2)4(6)7-5;1-2-3(4)5/h1,5H2,2H3;2H,1H2,(H,4,5). The van der Waals surface area contributed by atoms with Gasteiger partial charge in [0.05, 0.1) is 0 Å². The molecule has 3 N–H and O–H groups in total. The molecule has 0 aliphatic carbocycles. The van der Waals surface area contributed by atoms with Gasteiger partial charge in [0, 0.05) is 11.6 Å². The molecule has 0 aromatic carbocycles. The number of aliphatic carboxylic acids is 1. The van der Waals surface area contributed by atoms with E-state index >= 15 is 0 Å². The van der Waals surface area contributed by atoms with Gasteiger partial charge in [-0.15, -0.1) is 0 Å². The van der Waals surface area contributed by atoms with E-state index in [0.717, 1.165) is 6.08 Å². The number of rotatable bonds is 2. The Morgan fingerprint density at radius 2 is 1.92 bits per heavy atom. The van der Waals surface area contributed by atoms with Crippen LogP contribution >= 0.6 is 0 Å². The molecule has 0 amide bonds. The Balaban J connectivity index is 0. The third-order valence-corrected chi connectivity index (χ3v) is 0.630. The second-order valence-electron chi connectivity index (χ2n) is 1.73. The van der Waals surface area contributed by atoms with Crippen LogP contribution in [0.25, 0.3) is 0 Å². The van der Waals surface area contributed by atoms with E-state index in [1.165, 1.54) is 6.92 Å². The first-order valence-corrected chi connectivity index (χ1v) is 2.87. The van der Waals surface area contributed by atoms with Gasteiger partial charge in [-0.25, -0.2) is 9.59 Å². The molecule has 68 valence electrons. The van der Waals surface area contributed by atoms with Crippen molar-refractivity contribution in [1.82, 2.24) is 0 Å². The summed E-state index contributed by atoms with van der Waals surface area (Å²) in [4.78, 5) is 23.1. The summed E-state index contributed by atoms with van der Waals surface area (Å²) in [7, 11) is 0. The molecule has 0 aromatic heterocycles. The highest BCUT2D eigenvalue weighted by atomic mass is 16.7. The van der Waals surface area contributed by atoms with Gasteiger partial charge in [-0.2, -0.15) is 5.90 Å². The third kappa shape index (κ3) is 11.2. The fourth-order valence-corrected chi connectivity index (χ4v) is 0.101. The van der Waals surface area contributed by atoms with Gasteiger partial charge < -0.3 is 9.94 Å². The van der Waals surface area contributed by atoms with Gasteiger partial charge in [0.2, 0.25) is 0 Å².